The van der Waals surface area contributed by atoms with Crippen molar-refractivity contribution in [3.05, 3.63) is 29.0 Å². The average Bonchev–Trinajstić information content (AvgIpc) is 2.65. The van der Waals surface area contributed by atoms with Crippen molar-refractivity contribution < 1.29 is 4.79 Å². The van der Waals surface area contributed by atoms with E-state index in [0.717, 1.165) is 25.7 Å². The number of aromatic nitrogens is 1. The summed E-state index contributed by atoms with van der Waals surface area (Å²) >= 11 is 5.77. The van der Waals surface area contributed by atoms with Crippen molar-refractivity contribution in [1.82, 2.24) is 10.3 Å². The second kappa shape index (κ2) is 6.03. The Morgan fingerprint density at radius 1 is 1.37 bits per heavy atom. The van der Waals surface area contributed by atoms with Crippen LogP contribution in [0.3, 0.4) is 0 Å². The number of hydrogen-bond donors (Lipinski definition) is 1. The molecular weight excluding hydrogens is 262 g/mol. The maximum Gasteiger partial charge on any atom is 0.252 e. The Balaban J connectivity index is 2.14. The van der Waals surface area contributed by atoms with Crippen LogP contribution in [-0.4, -0.2) is 16.4 Å². The molecule has 100 valence electrons. The number of halogens is 1. The molecule has 1 heterocycles. The van der Waals surface area contributed by atoms with E-state index in [1.807, 2.05) is 0 Å². The van der Waals surface area contributed by atoms with E-state index < -0.39 is 5.54 Å². The molecule has 0 radical (unpaired) electrons. The zero-order chi connectivity index (χ0) is 13.7. The molecule has 1 aliphatic rings. The largest absolute Gasteiger partial charge is 0.334 e. The van der Waals surface area contributed by atoms with Crippen LogP contribution in [0.25, 0.3) is 0 Å². The highest BCUT2D eigenvalue weighted by atomic mass is 35.5. The zero-order valence-electron chi connectivity index (χ0n) is 10.7. The van der Waals surface area contributed by atoms with Crippen molar-refractivity contribution in [2.45, 2.75) is 44.1 Å². The fourth-order valence-electron chi connectivity index (χ4n) is 2.43. The minimum Gasteiger partial charge on any atom is -0.334 e. The molecule has 0 spiro atoms. The zero-order valence-corrected chi connectivity index (χ0v) is 11.4. The molecule has 19 heavy (non-hydrogen) atoms. The van der Waals surface area contributed by atoms with Gasteiger partial charge in [0.2, 0.25) is 0 Å². The number of nitrogens with one attached hydrogen (secondary N) is 1. The number of hydrogen-bond acceptors (Lipinski definition) is 3. The lowest BCUT2D eigenvalue weighted by Gasteiger charge is -2.26. The third-order valence-electron chi connectivity index (χ3n) is 3.51. The van der Waals surface area contributed by atoms with Crippen molar-refractivity contribution in [1.29, 1.82) is 5.26 Å². The van der Waals surface area contributed by atoms with Crippen molar-refractivity contribution in [2.75, 3.05) is 0 Å². The van der Waals surface area contributed by atoms with Crippen molar-refractivity contribution in [2.24, 2.45) is 0 Å². The third-order valence-corrected chi connectivity index (χ3v) is 3.72. The number of amides is 1. The quantitative estimate of drug-likeness (QED) is 0.667. The molecule has 4 nitrogen and oxygen atoms in total. The summed E-state index contributed by atoms with van der Waals surface area (Å²) in [5.74, 6) is -0.257. The summed E-state index contributed by atoms with van der Waals surface area (Å²) in [7, 11) is 0. The Morgan fingerprint density at radius 3 is 2.63 bits per heavy atom. The molecule has 0 unspecified atom stereocenters. The lowest BCUT2D eigenvalue weighted by molar-refractivity contribution is 0.0913. The van der Waals surface area contributed by atoms with Crippen LogP contribution in [0, 0.1) is 11.3 Å². The first kappa shape index (κ1) is 13.8. The number of carbonyl (C=O) groups is 1. The summed E-state index contributed by atoms with van der Waals surface area (Å²) < 4.78 is 0. The van der Waals surface area contributed by atoms with E-state index in [-0.39, 0.29) is 11.1 Å². The van der Waals surface area contributed by atoms with Crippen LogP contribution in [0.5, 0.6) is 0 Å². The Labute approximate surface area is 117 Å². The summed E-state index contributed by atoms with van der Waals surface area (Å²) in [5, 5.41) is 12.6. The number of nitrogens with zero attached hydrogens (tertiary/aromatic N) is 2. The minimum atomic E-state index is -0.733. The van der Waals surface area contributed by atoms with Crippen molar-refractivity contribution in [3.63, 3.8) is 0 Å². The lowest BCUT2D eigenvalue weighted by atomic mass is 9.91. The molecule has 1 amide bonds. The predicted octanol–water partition coefficient (Wildman–Crippen LogP) is 3.08. The van der Waals surface area contributed by atoms with Gasteiger partial charge in [0, 0.05) is 11.8 Å². The second-order valence-electron chi connectivity index (χ2n) is 4.93. The van der Waals surface area contributed by atoms with E-state index in [0.29, 0.717) is 18.4 Å². The van der Waals surface area contributed by atoms with Gasteiger partial charge >= 0.3 is 0 Å². The van der Waals surface area contributed by atoms with Gasteiger partial charge < -0.3 is 5.32 Å². The fourth-order valence-corrected chi connectivity index (χ4v) is 2.60. The van der Waals surface area contributed by atoms with E-state index >= 15 is 0 Å². The van der Waals surface area contributed by atoms with Gasteiger partial charge in [-0.25, -0.2) is 4.98 Å². The predicted molar refractivity (Wildman–Crippen MR) is 72.8 cm³/mol. The van der Waals surface area contributed by atoms with Gasteiger partial charge in [-0.3, -0.25) is 4.79 Å². The topological polar surface area (TPSA) is 65.8 Å². The maximum atomic E-state index is 12.2. The Morgan fingerprint density at radius 2 is 2.05 bits per heavy atom. The van der Waals surface area contributed by atoms with Gasteiger partial charge in [-0.2, -0.15) is 5.26 Å². The Kier molecular flexibility index (Phi) is 4.39. The normalized spacial score (nSPS) is 18.1. The third kappa shape index (κ3) is 3.45. The first-order chi connectivity index (χ1) is 9.15. The highest BCUT2D eigenvalue weighted by Crippen LogP contribution is 2.27. The number of rotatable bonds is 2. The smallest absolute Gasteiger partial charge is 0.252 e. The molecule has 1 saturated carbocycles. The first-order valence-electron chi connectivity index (χ1n) is 6.50. The van der Waals surface area contributed by atoms with Crippen LogP contribution >= 0.6 is 11.6 Å². The second-order valence-corrected chi connectivity index (χ2v) is 5.32. The van der Waals surface area contributed by atoms with Crippen LogP contribution in [0.15, 0.2) is 18.3 Å². The van der Waals surface area contributed by atoms with Crippen LogP contribution in [0.4, 0.5) is 0 Å². The van der Waals surface area contributed by atoms with Gasteiger partial charge in [0.15, 0.2) is 0 Å². The molecule has 0 saturated heterocycles. The summed E-state index contributed by atoms with van der Waals surface area (Å²) in [6.07, 6.45) is 7.13. The van der Waals surface area contributed by atoms with E-state index in [1.54, 1.807) is 6.07 Å². The molecule has 0 aromatic carbocycles. The SMILES string of the molecule is N#CC1(NC(=O)c2ccnc(Cl)c2)CCCCCC1. The minimum absolute atomic E-state index is 0.257. The van der Waals surface area contributed by atoms with Gasteiger partial charge in [-0.1, -0.05) is 37.3 Å². The molecule has 0 bridgehead atoms. The van der Waals surface area contributed by atoms with Gasteiger partial charge in [0.25, 0.3) is 5.91 Å². The van der Waals surface area contributed by atoms with Crippen LogP contribution < -0.4 is 5.32 Å². The molecule has 1 aromatic rings. The molecule has 1 aliphatic carbocycles. The molecule has 1 aromatic heterocycles. The molecule has 1 fully saturated rings. The van der Waals surface area contributed by atoms with Crippen LogP contribution in [-0.2, 0) is 0 Å². The molecule has 1 N–H and O–H groups in total. The first-order valence-corrected chi connectivity index (χ1v) is 6.88. The van der Waals surface area contributed by atoms with Crippen molar-refractivity contribution >= 4 is 17.5 Å². The lowest BCUT2D eigenvalue weighted by Crippen LogP contribution is -2.47. The summed E-state index contributed by atoms with van der Waals surface area (Å²) in [5.41, 5.74) is -0.289. The van der Waals surface area contributed by atoms with E-state index in [9.17, 15) is 10.1 Å². The fraction of sp³-hybridized carbons (Fsp3) is 0.500. The van der Waals surface area contributed by atoms with Gasteiger partial charge in [0.05, 0.1) is 6.07 Å². The monoisotopic (exact) mass is 277 g/mol. The van der Waals surface area contributed by atoms with E-state index in [2.05, 4.69) is 16.4 Å². The highest BCUT2D eigenvalue weighted by molar-refractivity contribution is 6.29. The van der Waals surface area contributed by atoms with Gasteiger partial charge in [-0.05, 0) is 25.0 Å². The van der Waals surface area contributed by atoms with Crippen LogP contribution in [0.1, 0.15) is 48.9 Å². The molecule has 0 aliphatic heterocycles. The maximum absolute atomic E-state index is 12.2. The Hall–Kier alpha value is -1.60. The van der Waals surface area contributed by atoms with Crippen molar-refractivity contribution in [3.8, 4) is 6.07 Å². The number of nitriles is 1. The average molecular weight is 278 g/mol. The van der Waals surface area contributed by atoms with E-state index in [1.165, 1.54) is 12.3 Å². The van der Waals surface area contributed by atoms with Gasteiger partial charge in [0.1, 0.15) is 10.7 Å². The van der Waals surface area contributed by atoms with Gasteiger partial charge in [-0.15, -0.1) is 0 Å². The molecule has 0 atom stereocenters. The summed E-state index contributed by atoms with van der Waals surface area (Å²) in [4.78, 5) is 16.0. The molecule has 2 rings (SSSR count). The van der Waals surface area contributed by atoms with E-state index in [4.69, 9.17) is 11.6 Å². The summed E-state index contributed by atoms with van der Waals surface area (Å²) in [6, 6.07) is 5.40. The molecule has 5 heteroatoms. The standard InChI is InChI=1S/C14H16ClN3O/c15-12-9-11(5-8-17-12)13(19)18-14(10-16)6-3-1-2-4-7-14/h5,8-9H,1-4,6-7H2,(H,18,19). The summed E-state index contributed by atoms with van der Waals surface area (Å²) in [6.45, 7) is 0. The highest BCUT2D eigenvalue weighted by Gasteiger charge is 2.32. The van der Waals surface area contributed by atoms with Crippen LogP contribution in [0.2, 0.25) is 5.15 Å². The number of pyridine rings is 1. The Bertz CT molecular complexity index is 502. The number of carbonyl (C=O) groups excluding carboxylic acids is 1. The molecular formula is C14H16ClN3O.